The first kappa shape index (κ1) is 23.7. The summed E-state index contributed by atoms with van der Waals surface area (Å²) in [6, 6.07) is 14.3. The molecule has 4 rings (SSSR count). The standard InChI is InChI=1S/C27H29N5OS/c1-16-13-19(4)24(20(5)14-16)29-26(33)21(6)34-27-31-30-25(22-9-11-28-12-10-22)32(27)23-8-7-17(2)18(3)15-23/h7-15,21H,1-6H3,(H,29,33). The predicted molar refractivity (Wildman–Crippen MR) is 139 cm³/mol. The number of nitrogens with one attached hydrogen (secondary N) is 1. The smallest absolute Gasteiger partial charge is 0.237 e. The zero-order valence-electron chi connectivity index (χ0n) is 20.4. The fraction of sp³-hybridized carbons (Fsp3) is 0.259. The Hall–Kier alpha value is -3.45. The van der Waals surface area contributed by atoms with Gasteiger partial charge in [-0.2, -0.15) is 0 Å². The van der Waals surface area contributed by atoms with Crippen LogP contribution in [0.2, 0.25) is 0 Å². The average Bonchev–Trinajstić information content (AvgIpc) is 3.22. The maximum absolute atomic E-state index is 13.1. The molecule has 0 bridgehead atoms. The molecule has 1 atom stereocenters. The van der Waals surface area contributed by atoms with Crippen LogP contribution in [-0.4, -0.2) is 30.9 Å². The molecule has 1 unspecified atom stereocenters. The number of hydrogen-bond donors (Lipinski definition) is 1. The van der Waals surface area contributed by atoms with Crippen molar-refractivity contribution in [3.63, 3.8) is 0 Å². The quantitative estimate of drug-likeness (QED) is 0.350. The van der Waals surface area contributed by atoms with E-state index in [1.807, 2.05) is 37.5 Å². The highest BCUT2D eigenvalue weighted by atomic mass is 32.2. The predicted octanol–water partition coefficient (Wildman–Crippen LogP) is 5.99. The summed E-state index contributed by atoms with van der Waals surface area (Å²) in [5, 5.41) is 12.4. The third kappa shape index (κ3) is 4.89. The maximum atomic E-state index is 13.1. The normalized spacial score (nSPS) is 11.9. The van der Waals surface area contributed by atoms with E-state index in [9.17, 15) is 4.79 Å². The summed E-state index contributed by atoms with van der Waals surface area (Å²) in [7, 11) is 0. The van der Waals surface area contributed by atoms with Crippen LogP contribution in [0.1, 0.15) is 34.7 Å². The number of hydrogen-bond acceptors (Lipinski definition) is 5. The van der Waals surface area contributed by atoms with Gasteiger partial charge in [0.15, 0.2) is 11.0 Å². The third-order valence-corrected chi connectivity index (χ3v) is 6.94. The summed E-state index contributed by atoms with van der Waals surface area (Å²) in [5.74, 6) is 0.645. The van der Waals surface area contributed by atoms with E-state index in [1.54, 1.807) is 12.4 Å². The maximum Gasteiger partial charge on any atom is 0.237 e. The van der Waals surface area contributed by atoms with Gasteiger partial charge in [0.05, 0.1) is 10.9 Å². The van der Waals surface area contributed by atoms with Crippen molar-refractivity contribution < 1.29 is 4.79 Å². The Labute approximate surface area is 204 Å². The van der Waals surface area contributed by atoms with Gasteiger partial charge in [0.25, 0.3) is 0 Å². The number of thioether (sulfide) groups is 1. The number of amides is 1. The molecule has 7 heteroatoms. The molecular weight excluding hydrogens is 442 g/mol. The van der Waals surface area contributed by atoms with Crippen molar-refractivity contribution in [2.45, 2.75) is 51.9 Å². The first-order chi connectivity index (χ1) is 16.2. The lowest BCUT2D eigenvalue weighted by Crippen LogP contribution is -2.24. The molecule has 4 aromatic rings. The fourth-order valence-corrected chi connectivity index (χ4v) is 4.81. The molecule has 2 aromatic carbocycles. The molecule has 0 fully saturated rings. The molecule has 0 spiro atoms. The van der Waals surface area contributed by atoms with Crippen LogP contribution in [0, 0.1) is 34.6 Å². The van der Waals surface area contributed by atoms with Crippen LogP contribution in [0.3, 0.4) is 0 Å². The SMILES string of the molecule is Cc1cc(C)c(NC(=O)C(C)Sc2nnc(-c3ccncc3)n2-c2ccc(C)c(C)c2)c(C)c1. The largest absolute Gasteiger partial charge is 0.325 e. The highest BCUT2D eigenvalue weighted by molar-refractivity contribution is 8.00. The molecule has 1 amide bonds. The van der Waals surface area contributed by atoms with Crippen LogP contribution >= 0.6 is 11.8 Å². The average molecular weight is 472 g/mol. The number of nitrogens with zero attached hydrogens (tertiary/aromatic N) is 4. The number of carbonyl (C=O) groups is 1. The Morgan fingerprint density at radius 1 is 0.882 bits per heavy atom. The number of rotatable bonds is 6. The number of anilines is 1. The van der Waals surface area contributed by atoms with Crippen molar-refractivity contribution in [1.29, 1.82) is 0 Å². The molecule has 2 aromatic heterocycles. The van der Waals surface area contributed by atoms with Gasteiger partial charge in [-0.1, -0.05) is 35.5 Å². The van der Waals surface area contributed by atoms with E-state index in [0.29, 0.717) is 11.0 Å². The molecule has 34 heavy (non-hydrogen) atoms. The molecule has 0 radical (unpaired) electrons. The summed E-state index contributed by atoms with van der Waals surface area (Å²) < 4.78 is 2.01. The van der Waals surface area contributed by atoms with Crippen LogP contribution in [0.4, 0.5) is 5.69 Å². The Bertz CT molecular complexity index is 1320. The Morgan fingerprint density at radius 3 is 2.21 bits per heavy atom. The van der Waals surface area contributed by atoms with Gasteiger partial charge in [0.2, 0.25) is 5.91 Å². The van der Waals surface area contributed by atoms with Crippen molar-refractivity contribution in [2.75, 3.05) is 5.32 Å². The number of carbonyl (C=O) groups excluding carboxylic acids is 1. The monoisotopic (exact) mass is 471 g/mol. The van der Waals surface area contributed by atoms with Crippen LogP contribution < -0.4 is 5.32 Å². The van der Waals surface area contributed by atoms with Crippen LogP contribution in [0.25, 0.3) is 17.1 Å². The lowest BCUT2D eigenvalue weighted by Gasteiger charge is -2.17. The summed E-state index contributed by atoms with van der Waals surface area (Å²) in [6.45, 7) is 12.2. The van der Waals surface area contributed by atoms with Crippen molar-refractivity contribution >= 4 is 23.4 Å². The lowest BCUT2D eigenvalue weighted by atomic mass is 10.1. The third-order valence-electron chi connectivity index (χ3n) is 5.90. The van der Waals surface area contributed by atoms with Gasteiger partial charge in [-0.3, -0.25) is 14.3 Å². The molecule has 0 aliphatic carbocycles. The topological polar surface area (TPSA) is 72.7 Å². The zero-order chi connectivity index (χ0) is 24.4. The molecule has 0 aliphatic rings. The van der Waals surface area contributed by atoms with E-state index in [4.69, 9.17) is 0 Å². The molecule has 0 saturated carbocycles. The van der Waals surface area contributed by atoms with Gasteiger partial charge in [-0.15, -0.1) is 10.2 Å². The van der Waals surface area contributed by atoms with E-state index >= 15 is 0 Å². The van der Waals surface area contributed by atoms with Gasteiger partial charge in [-0.25, -0.2) is 0 Å². The van der Waals surface area contributed by atoms with Gasteiger partial charge >= 0.3 is 0 Å². The van der Waals surface area contributed by atoms with Crippen LogP contribution in [0.5, 0.6) is 0 Å². The van der Waals surface area contributed by atoms with Crippen molar-refractivity contribution in [3.05, 3.63) is 82.7 Å². The van der Waals surface area contributed by atoms with Crippen molar-refractivity contribution in [2.24, 2.45) is 0 Å². The highest BCUT2D eigenvalue weighted by Gasteiger charge is 2.23. The van der Waals surface area contributed by atoms with E-state index < -0.39 is 0 Å². The number of pyridine rings is 1. The summed E-state index contributed by atoms with van der Waals surface area (Å²) in [4.78, 5) is 17.3. The van der Waals surface area contributed by atoms with Crippen LogP contribution in [0.15, 0.2) is 60.0 Å². The number of aromatic nitrogens is 4. The summed E-state index contributed by atoms with van der Waals surface area (Å²) >= 11 is 1.39. The van der Waals surface area contributed by atoms with Gasteiger partial charge < -0.3 is 5.32 Å². The Balaban J connectivity index is 1.67. The van der Waals surface area contributed by atoms with E-state index in [-0.39, 0.29) is 11.2 Å². The molecule has 0 aliphatic heterocycles. The zero-order valence-corrected chi connectivity index (χ0v) is 21.2. The number of aryl methyl sites for hydroxylation is 5. The second kappa shape index (κ2) is 9.81. The minimum Gasteiger partial charge on any atom is -0.325 e. The minimum atomic E-state index is -0.375. The molecule has 1 N–H and O–H groups in total. The van der Waals surface area contributed by atoms with Crippen molar-refractivity contribution in [3.8, 4) is 17.1 Å². The van der Waals surface area contributed by atoms with Crippen molar-refractivity contribution in [1.82, 2.24) is 19.7 Å². The first-order valence-electron chi connectivity index (χ1n) is 11.2. The first-order valence-corrected chi connectivity index (χ1v) is 12.1. The molecule has 174 valence electrons. The van der Waals surface area contributed by atoms with Gasteiger partial charge in [-0.05, 0) is 88.1 Å². The van der Waals surface area contributed by atoms with Gasteiger partial charge in [0, 0.05) is 23.6 Å². The second-order valence-electron chi connectivity index (χ2n) is 8.67. The Morgan fingerprint density at radius 2 is 1.56 bits per heavy atom. The molecular formula is C27H29N5OS. The van der Waals surface area contributed by atoms with Crippen LogP contribution in [-0.2, 0) is 4.79 Å². The number of benzene rings is 2. The summed E-state index contributed by atoms with van der Waals surface area (Å²) in [5.41, 5.74) is 8.43. The fourth-order valence-electron chi connectivity index (χ4n) is 3.95. The lowest BCUT2D eigenvalue weighted by molar-refractivity contribution is -0.115. The van der Waals surface area contributed by atoms with E-state index in [2.05, 4.69) is 71.6 Å². The van der Waals surface area contributed by atoms with E-state index in [1.165, 1.54) is 28.5 Å². The summed E-state index contributed by atoms with van der Waals surface area (Å²) in [6.07, 6.45) is 3.48. The molecule has 6 nitrogen and oxygen atoms in total. The molecule has 0 saturated heterocycles. The van der Waals surface area contributed by atoms with E-state index in [0.717, 1.165) is 28.1 Å². The van der Waals surface area contributed by atoms with Gasteiger partial charge in [0.1, 0.15) is 0 Å². The minimum absolute atomic E-state index is 0.0693. The molecule has 2 heterocycles. The highest BCUT2D eigenvalue weighted by Crippen LogP contribution is 2.31. The Kier molecular flexibility index (Phi) is 6.84. The second-order valence-corrected chi connectivity index (χ2v) is 9.98.